The SMILES string of the molecule is CN=C(NCCC(=O)Nc1cccc(Cl)c1C)NCCc1ccccc1. The van der Waals surface area contributed by atoms with Crippen LogP contribution in [-0.2, 0) is 11.2 Å². The van der Waals surface area contributed by atoms with Gasteiger partial charge in [-0.2, -0.15) is 0 Å². The number of benzene rings is 2. The average Bonchev–Trinajstić information content (AvgIpc) is 2.65. The number of hydrogen-bond donors (Lipinski definition) is 3. The highest BCUT2D eigenvalue weighted by Gasteiger charge is 2.07. The molecule has 0 bridgehead atoms. The third kappa shape index (κ3) is 6.41. The van der Waals surface area contributed by atoms with Crippen molar-refractivity contribution >= 4 is 29.2 Å². The molecule has 0 aliphatic carbocycles. The fourth-order valence-corrected chi connectivity index (χ4v) is 2.62. The summed E-state index contributed by atoms with van der Waals surface area (Å²) in [6.45, 7) is 3.16. The van der Waals surface area contributed by atoms with Crippen LogP contribution in [0.2, 0.25) is 5.02 Å². The molecule has 0 atom stereocenters. The molecule has 6 heteroatoms. The van der Waals surface area contributed by atoms with Crippen LogP contribution in [0.5, 0.6) is 0 Å². The molecule has 0 aliphatic rings. The first-order valence-corrected chi connectivity index (χ1v) is 9.01. The summed E-state index contributed by atoms with van der Waals surface area (Å²) in [5, 5.41) is 9.92. The Morgan fingerprint density at radius 2 is 1.77 bits per heavy atom. The first-order chi connectivity index (χ1) is 12.6. The van der Waals surface area contributed by atoms with Crippen LogP contribution in [0.1, 0.15) is 17.5 Å². The molecule has 2 rings (SSSR count). The van der Waals surface area contributed by atoms with E-state index >= 15 is 0 Å². The molecule has 0 unspecified atom stereocenters. The van der Waals surface area contributed by atoms with Crippen LogP contribution in [0.25, 0.3) is 0 Å². The first kappa shape index (κ1) is 19.8. The van der Waals surface area contributed by atoms with Gasteiger partial charge >= 0.3 is 0 Å². The second-order valence-electron chi connectivity index (χ2n) is 5.87. The van der Waals surface area contributed by atoms with Crippen molar-refractivity contribution in [2.45, 2.75) is 19.8 Å². The van der Waals surface area contributed by atoms with Crippen molar-refractivity contribution in [1.82, 2.24) is 10.6 Å². The summed E-state index contributed by atoms with van der Waals surface area (Å²) in [5.74, 6) is 0.621. The summed E-state index contributed by atoms with van der Waals surface area (Å²) in [6, 6.07) is 15.7. The number of halogens is 1. The minimum Gasteiger partial charge on any atom is -0.356 e. The Bertz CT molecular complexity index is 747. The van der Waals surface area contributed by atoms with Crippen LogP contribution < -0.4 is 16.0 Å². The Hall–Kier alpha value is -2.53. The van der Waals surface area contributed by atoms with E-state index < -0.39 is 0 Å². The number of nitrogens with zero attached hydrogens (tertiary/aromatic N) is 1. The van der Waals surface area contributed by atoms with E-state index in [9.17, 15) is 4.79 Å². The molecule has 5 nitrogen and oxygen atoms in total. The lowest BCUT2D eigenvalue weighted by molar-refractivity contribution is -0.116. The number of nitrogens with one attached hydrogen (secondary N) is 3. The minimum absolute atomic E-state index is 0.0670. The fourth-order valence-electron chi connectivity index (χ4n) is 2.44. The van der Waals surface area contributed by atoms with Gasteiger partial charge in [-0.3, -0.25) is 9.79 Å². The van der Waals surface area contributed by atoms with E-state index in [0.29, 0.717) is 23.9 Å². The zero-order valence-electron chi connectivity index (χ0n) is 15.2. The molecular formula is C20H25ClN4O. The van der Waals surface area contributed by atoms with Crippen LogP contribution in [0.4, 0.5) is 5.69 Å². The van der Waals surface area contributed by atoms with E-state index in [2.05, 4.69) is 33.1 Å². The Balaban J connectivity index is 1.69. The van der Waals surface area contributed by atoms with Gasteiger partial charge in [0.25, 0.3) is 0 Å². The highest BCUT2D eigenvalue weighted by Crippen LogP contribution is 2.22. The number of guanidine groups is 1. The van der Waals surface area contributed by atoms with Gasteiger partial charge in [0, 0.05) is 37.3 Å². The molecule has 0 aromatic heterocycles. The number of hydrogen-bond acceptors (Lipinski definition) is 2. The van der Waals surface area contributed by atoms with Crippen molar-refractivity contribution in [3.8, 4) is 0 Å². The summed E-state index contributed by atoms with van der Waals surface area (Å²) < 4.78 is 0. The molecule has 0 radical (unpaired) electrons. The highest BCUT2D eigenvalue weighted by atomic mass is 35.5. The average molecular weight is 373 g/mol. The Morgan fingerprint density at radius 1 is 1.04 bits per heavy atom. The predicted molar refractivity (Wildman–Crippen MR) is 109 cm³/mol. The van der Waals surface area contributed by atoms with Crippen LogP contribution in [-0.4, -0.2) is 32.0 Å². The van der Waals surface area contributed by atoms with Gasteiger partial charge in [-0.05, 0) is 36.6 Å². The van der Waals surface area contributed by atoms with Gasteiger partial charge in [-0.1, -0.05) is 48.0 Å². The lowest BCUT2D eigenvalue weighted by Gasteiger charge is -2.13. The van der Waals surface area contributed by atoms with Crippen molar-refractivity contribution in [2.24, 2.45) is 4.99 Å². The van der Waals surface area contributed by atoms with Crippen molar-refractivity contribution in [3.05, 3.63) is 64.7 Å². The summed E-state index contributed by atoms with van der Waals surface area (Å²) >= 11 is 6.07. The second kappa shape index (κ2) is 10.5. The third-order valence-corrected chi connectivity index (χ3v) is 4.37. The first-order valence-electron chi connectivity index (χ1n) is 8.63. The number of amides is 1. The molecule has 26 heavy (non-hydrogen) atoms. The van der Waals surface area contributed by atoms with Crippen LogP contribution in [0.3, 0.4) is 0 Å². The Kier molecular flexibility index (Phi) is 7.96. The molecule has 2 aromatic carbocycles. The van der Waals surface area contributed by atoms with Gasteiger partial charge in [0.05, 0.1) is 0 Å². The number of anilines is 1. The lowest BCUT2D eigenvalue weighted by Crippen LogP contribution is -2.39. The molecular weight excluding hydrogens is 348 g/mol. The largest absolute Gasteiger partial charge is 0.356 e. The maximum atomic E-state index is 12.1. The van der Waals surface area contributed by atoms with Gasteiger partial charge < -0.3 is 16.0 Å². The maximum absolute atomic E-state index is 12.1. The summed E-state index contributed by atoms with van der Waals surface area (Å²) in [7, 11) is 1.72. The van der Waals surface area contributed by atoms with Gasteiger partial charge in [0.1, 0.15) is 0 Å². The van der Waals surface area contributed by atoms with Crippen LogP contribution in [0, 0.1) is 6.92 Å². The zero-order chi connectivity index (χ0) is 18.8. The van der Waals surface area contributed by atoms with Gasteiger partial charge in [-0.15, -0.1) is 0 Å². The number of carbonyl (C=O) groups is 1. The zero-order valence-corrected chi connectivity index (χ0v) is 15.9. The second-order valence-corrected chi connectivity index (χ2v) is 6.28. The van der Waals surface area contributed by atoms with E-state index in [1.807, 2.05) is 37.3 Å². The molecule has 138 valence electrons. The molecule has 0 saturated carbocycles. The monoisotopic (exact) mass is 372 g/mol. The fraction of sp³-hybridized carbons (Fsp3) is 0.300. The van der Waals surface area contributed by atoms with Crippen LogP contribution in [0.15, 0.2) is 53.5 Å². The standard InChI is InChI=1S/C20H25ClN4O/c1-15-17(21)9-6-10-18(15)25-19(26)12-14-24-20(22-2)23-13-11-16-7-4-3-5-8-16/h3-10H,11-14H2,1-2H3,(H,25,26)(H2,22,23,24). The molecule has 0 fully saturated rings. The van der Waals surface area contributed by atoms with Gasteiger partial charge in [0.2, 0.25) is 5.91 Å². The number of aliphatic imine (C=N–C) groups is 1. The molecule has 0 heterocycles. The summed E-state index contributed by atoms with van der Waals surface area (Å²) in [5.41, 5.74) is 2.88. The van der Waals surface area contributed by atoms with E-state index in [1.54, 1.807) is 13.1 Å². The molecule has 0 spiro atoms. The van der Waals surface area contributed by atoms with E-state index in [4.69, 9.17) is 11.6 Å². The van der Waals surface area contributed by atoms with Crippen molar-refractivity contribution in [2.75, 3.05) is 25.5 Å². The van der Waals surface area contributed by atoms with Gasteiger partial charge in [-0.25, -0.2) is 0 Å². The minimum atomic E-state index is -0.0670. The molecule has 0 saturated heterocycles. The number of rotatable bonds is 7. The van der Waals surface area contributed by atoms with E-state index in [1.165, 1.54) is 5.56 Å². The van der Waals surface area contributed by atoms with E-state index in [0.717, 1.165) is 24.2 Å². The quantitative estimate of drug-likeness (QED) is 0.515. The van der Waals surface area contributed by atoms with Gasteiger partial charge in [0.15, 0.2) is 5.96 Å². The normalized spacial score (nSPS) is 11.1. The highest BCUT2D eigenvalue weighted by molar-refractivity contribution is 6.31. The molecule has 0 aliphatic heterocycles. The number of carbonyl (C=O) groups excluding carboxylic acids is 1. The van der Waals surface area contributed by atoms with Crippen LogP contribution >= 0.6 is 11.6 Å². The Morgan fingerprint density at radius 3 is 2.50 bits per heavy atom. The topological polar surface area (TPSA) is 65.5 Å². The summed E-state index contributed by atoms with van der Waals surface area (Å²) in [4.78, 5) is 16.3. The lowest BCUT2D eigenvalue weighted by atomic mass is 10.1. The van der Waals surface area contributed by atoms with Crippen molar-refractivity contribution < 1.29 is 4.79 Å². The predicted octanol–water partition coefficient (Wildman–Crippen LogP) is 3.38. The smallest absolute Gasteiger partial charge is 0.226 e. The molecule has 3 N–H and O–H groups in total. The molecule has 1 amide bonds. The summed E-state index contributed by atoms with van der Waals surface area (Å²) in [6.07, 6.45) is 1.25. The van der Waals surface area contributed by atoms with Crippen molar-refractivity contribution in [1.29, 1.82) is 0 Å². The third-order valence-electron chi connectivity index (χ3n) is 3.96. The maximum Gasteiger partial charge on any atom is 0.226 e. The van der Waals surface area contributed by atoms with E-state index in [-0.39, 0.29) is 5.91 Å². The molecule has 2 aromatic rings. The Labute approximate surface area is 159 Å². The van der Waals surface area contributed by atoms with Crippen molar-refractivity contribution in [3.63, 3.8) is 0 Å².